The van der Waals surface area contributed by atoms with E-state index in [4.69, 9.17) is 23.2 Å². The van der Waals surface area contributed by atoms with Gasteiger partial charge in [0.05, 0.1) is 15.7 Å². The summed E-state index contributed by atoms with van der Waals surface area (Å²) in [6, 6.07) is 5.03. The van der Waals surface area contributed by atoms with E-state index >= 15 is 0 Å². The van der Waals surface area contributed by atoms with Gasteiger partial charge in [-0.15, -0.1) is 0 Å². The number of hydrogen-bond acceptors (Lipinski definition) is 7. The fraction of sp³-hybridized carbons (Fsp3) is 0.286. The van der Waals surface area contributed by atoms with Crippen molar-refractivity contribution in [3.8, 4) is 5.75 Å². The molecule has 6 rings (SSSR count). The van der Waals surface area contributed by atoms with Crippen LogP contribution in [-0.4, -0.2) is 93.0 Å². The van der Waals surface area contributed by atoms with Gasteiger partial charge in [-0.3, -0.25) is 14.6 Å². The third-order valence-electron chi connectivity index (χ3n) is 5.26. The van der Waals surface area contributed by atoms with Crippen LogP contribution in [0.25, 0.3) is 10.9 Å². The summed E-state index contributed by atoms with van der Waals surface area (Å²) < 4.78 is 0. The third kappa shape index (κ3) is 4.26. The maximum atomic E-state index is 12.4. The van der Waals surface area contributed by atoms with Crippen LogP contribution in [0.2, 0.25) is 10.0 Å². The summed E-state index contributed by atoms with van der Waals surface area (Å²) in [5.41, 5.74) is 2.32. The van der Waals surface area contributed by atoms with Gasteiger partial charge in [0.1, 0.15) is 16.9 Å². The Morgan fingerprint density at radius 3 is 2.13 bits per heavy atom. The number of rotatable bonds is 3. The molecule has 31 heavy (non-hydrogen) atoms. The fourth-order valence-electron chi connectivity index (χ4n) is 3.43. The predicted molar refractivity (Wildman–Crippen MR) is 123 cm³/mol. The topological polar surface area (TPSA) is 76.3 Å². The van der Waals surface area contributed by atoms with E-state index in [0.717, 1.165) is 39.3 Å². The Kier molecular flexibility index (Phi) is 5.93. The van der Waals surface area contributed by atoms with Crippen LogP contribution >= 0.6 is 23.2 Å². The average molecular weight is 475 g/mol. The number of halogens is 2. The summed E-state index contributed by atoms with van der Waals surface area (Å²) in [6.07, 6.45) is 3.10. The van der Waals surface area contributed by atoms with Gasteiger partial charge in [-0.2, -0.15) is 0 Å². The molecule has 2 aromatic rings. The lowest BCUT2D eigenvalue weighted by atomic mass is 10.0. The Morgan fingerprint density at radius 1 is 0.903 bits per heavy atom. The van der Waals surface area contributed by atoms with Crippen molar-refractivity contribution in [1.82, 2.24) is 19.7 Å². The number of ketones is 2. The molecule has 0 spiro atoms. The highest BCUT2D eigenvalue weighted by Gasteiger charge is 2.43. The van der Waals surface area contributed by atoms with Crippen LogP contribution in [0.1, 0.15) is 0 Å². The Bertz CT molecular complexity index is 1150. The summed E-state index contributed by atoms with van der Waals surface area (Å²) in [7, 11) is 0. The first-order valence-corrected chi connectivity index (χ1v) is 10.4. The molecule has 3 aliphatic heterocycles. The molecule has 0 radical (unpaired) electrons. The van der Waals surface area contributed by atoms with Gasteiger partial charge in [-0.1, -0.05) is 23.2 Å². The van der Waals surface area contributed by atoms with E-state index in [1.165, 1.54) is 12.1 Å². The molecule has 1 aromatic heterocycles. The highest BCUT2D eigenvalue weighted by molar-refractivity contribution is 6.39. The van der Waals surface area contributed by atoms with Gasteiger partial charge in [-0.25, -0.2) is 0 Å². The number of phenolic OH excluding ortho intramolecular Hbond substituents is 1. The van der Waals surface area contributed by atoms with Crippen molar-refractivity contribution in [2.45, 2.75) is 0 Å². The monoisotopic (exact) mass is 474 g/mol. The van der Waals surface area contributed by atoms with E-state index in [0.29, 0.717) is 33.0 Å². The van der Waals surface area contributed by atoms with Gasteiger partial charge in [0.2, 0.25) is 11.6 Å². The quantitative estimate of drug-likeness (QED) is 0.407. The van der Waals surface area contributed by atoms with Gasteiger partial charge in [0, 0.05) is 56.9 Å². The summed E-state index contributed by atoms with van der Waals surface area (Å²) in [5, 5.41) is 10.9. The number of allylic oxidation sites excluding steroid dienone is 1. The SMILES string of the molecule is O=C1C=C(N2CC2)C(=O)C(N2CC2)=C1N1CC1.Oc1c(Cl)cc(Cl)c2cccnc12.[AlH3]. The molecule has 7 nitrogen and oxygen atoms in total. The lowest BCUT2D eigenvalue weighted by molar-refractivity contribution is -0.117. The first kappa shape index (κ1) is 22.0. The zero-order chi connectivity index (χ0) is 21.0. The maximum Gasteiger partial charge on any atom is 0.227 e. The molecular formula is C21H21AlCl2N4O3. The minimum absolute atomic E-state index is 0. The normalized spacial score (nSPS) is 19.0. The molecule has 10 heteroatoms. The molecular weight excluding hydrogens is 454 g/mol. The fourth-order valence-corrected chi connectivity index (χ4v) is 3.95. The number of benzene rings is 1. The van der Waals surface area contributed by atoms with E-state index in [1.807, 2.05) is 14.7 Å². The zero-order valence-corrected chi connectivity index (χ0v) is 17.4. The predicted octanol–water partition coefficient (Wildman–Crippen LogP) is 1.24. The van der Waals surface area contributed by atoms with Crippen molar-refractivity contribution in [1.29, 1.82) is 0 Å². The van der Waals surface area contributed by atoms with Gasteiger partial charge < -0.3 is 19.8 Å². The van der Waals surface area contributed by atoms with Crippen LogP contribution in [0.5, 0.6) is 5.75 Å². The average Bonchev–Trinajstić information content (AvgIpc) is 3.55. The number of aromatic nitrogens is 1. The van der Waals surface area contributed by atoms with E-state index in [-0.39, 0.29) is 39.7 Å². The summed E-state index contributed by atoms with van der Waals surface area (Å²) in [4.78, 5) is 34.5. The van der Waals surface area contributed by atoms with E-state index < -0.39 is 0 Å². The van der Waals surface area contributed by atoms with Crippen molar-refractivity contribution in [3.05, 3.63) is 57.6 Å². The summed E-state index contributed by atoms with van der Waals surface area (Å²) in [6.45, 7) is 5.41. The molecule has 0 bridgehead atoms. The number of nitrogens with zero attached hydrogens (tertiary/aromatic N) is 4. The Hall–Kier alpha value is -2.24. The Labute approximate surface area is 199 Å². The standard InChI is InChI=1S/C12H13N3O2.C9H5Cl2NO.Al.3H/c16-9-7-8(13-1-2-13)12(17)11(15-5-6-15)10(9)14-3-4-14;10-6-4-7(11)9(13)8-5(6)2-1-3-12-8;;;;/h7H,1-6H2;1-4,13H;;;;. The zero-order valence-electron chi connectivity index (χ0n) is 15.9. The van der Waals surface area contributed by atoms with Gasteiger partial charge >= 0.3 is 0 Å². The molecule has 3 saturated heterocycles. The van der Waals surface area contributed by atoms with Gasteiger partial charge in [0.25, 0.3) is 0 Å². The molecule has 4 aliphatic rings. The highest BCUT2D eigenvalue weighted by atomic mass is 35.5. The highest BCUT2D eigenvalue weighted by Crippen LogP contribution is 2.36. The molecule has 1 aromatic carbocycles. The minimum atomic E-state index is -0.0262. The number of pyridine rings is 1. The smallest absolute Gasteiger partial charge is 0.227 e. The van der Waals surface area contributed by atoms with Crippen molar-refractivity contribution >= 4 is 63.0 Å². The Morgan fingerprint density at radius 2 is 1.52 bits per heavy atom. The van der Waals surface area contributed by atoms with E-state index in [1.54, 1.807) is 18.3 Å². The summed E-state index contributed by atoms with van der Waals surface area (Å²) >= 11 is 11.6. The number of Topliss-reactive ketones (excluding diaryl/α,β-unsaturated/α-hetero) is 1. The van der Waals surface area contributed by atoms with Gasteiger partial charge in [-0.05, 0) is 18.2 Å². The van der Waals surface area contributed by atoms with Crippen LogP contribution < -0.4 is 0 Å². The molecule has 0 atom stereocenters. The number of carbonyl (C=O) groups excluding carboxylic acids is 2. The molecule has 1 N–H and O–H groups in total. The van der Waals surface area contributed by atoms with Crippen LogP contribution in [0.4, 0.5) is 0 Å². The lowest BCUT2D eigenvalue weighted by Gasteiger charge is -2.21. The number of fused-ring (bicyclic) bond motifs is 1. The van der Waals surface area contributed by atoms with Crippen LogP contribution in [-0.2, 0) is 9.59 Å². The maximum absolute atomic E-state index is 12.4. The number of hydrogen-bond donors (Lipinski definition) is 1. The van der Waals surface area contributed by atoms with Crippen LogP contribution in [0.15, 0.2) is 47.6 Å². The second kappa shape index (κ2) is 8.36. The van der Waals surface area contributed by atoms with Crippen molar-refractivity contribution in [3.63, 3.8) is 0 Å². The molecule has 160 valence electrons. The van der Waals surface area contributed by atoms with Crippen LogP contribution in [0.3, 0.4) is 0 Å². The molecule has 1 aliphatic carbocycles. The minimum Gasteiger partial charge on any atom is -0.504 e. The lowest BCUT2D eigenvalue weighted by Crippen LogP contribution is -2.29. The first-order valence-electron chi connectivity index (χ1n) is 9.67. The number of phenols is 1. The van der Waals surface area contributed by atoms with Crippen molar-refractivity contribution in [2.75, 3.05) is 39.3 Å². The molecule has 3 fully saturated rings. The van der Waals surface area contributed by atoms with Crippen molar-refractivity contribution < 1.29 is 14.7 Å². The van der Waals surface area contributed by atoms with E-state index in [9.17, 15) is 14.7 Å². The number of aromatic hydroxyl groups is 1. The second-order valence-electron chi connectivity index (χ2n) is 7.47. The van der Waals surface area contributed by atoms with Crippen LogP contribution in [0, 0.1) is 0 Å². The molecule has 0 unspecified atom stereocenters. The van der Waals surface area contributed by atoms with Crippen molar-refractivity contribution in [2.24, 2.45) is 0 Å². The first-order chi connectivity index (χ1) is 14.5. The Balaban J connectivity index is 0.000000150. The van der Waals surface area contributed by atoms with Gasteiger partial charge in [0.15, 0.2) is 23.1 Å². The van der Waals surface area contributed by atoms with E-state index in [2.05, 4.69) is 4.98 Å². The summed E-state index contributed by atoms with van der Waals surface area (Å²) in [5.74, 6) is 0.0223. The number of carbonyl (C=O) groups is 2. The molecule has 0 amide bonds. The molecule has 0 saturated carbocycles. The largest absolute Gasteiger partial charge is 0.504 e. The third-order valence-corrected chi connectivity index (χ3v) is 5.86. The molecule has 4 heterocycles. The second-order valence-corrected chi connectivity index (χ2v) is 8.28.